The summed E-state index contributed by atoms with van der Waals surface area (Å²) in [5, 5.41) is 4.99. The third-order valence-electron chi connectivity index (χ3n) is 5.10. The minimum atomic E-state index is -3.70. The average Bonchev–Trinajstić information content (AvgIpc) is 3.34. The highest BCUT2D eigenvalue weighted by molar-refractivity contribution is 7.89. The second-order valence-corrected chi connectivity index (χ2v) is 10.2. The minimum Gasteiger partial charge on any atom is -0.327 e. The van der Waals surface area contributed by atoms with Crippen molar-refractivity contribution in [1.82, 2.24) is 14.2 Å². The molecule has 2 heterocycles. The predicted octanol–water partition coefficient (Wildman–Crippen LogP) is 2.25. The van der Waals surface area contributed by atoms with E-state index in [1.165, 1.54) is 36.4 Å². The SMILES string of the molecule is Cc1cc(C(=O)N2CCC[C@H]2C(=O)Nc2nccs2)cc(S(=O)(=O)N(C)C)c1C. The number of sulfonamides is 1. The van der Waals surface area contributed by atoms with Crippen LogP contribution in [0.1, 0.15) is 34.3 Å². The van der Waals surface area contributed by atoms with Crippen LogP contribution in [0.5, 0.6) is 0 Å². The lowest BCUT2D eigenvalue weighted by molar-refractivity contribution is -0.119. The molecule has 1 N–H and O–H groups in total. The van der Waals surface area contributed by atoms with Crippen molar-refractivity contribution in [2.45, 2.75) is 37.6 Å². The number of carbonyl (C=O) groups is 2. The Balaban J connectivity index is 1.91. The van der Waals surface area contributed by atoms with Gasteiger partial charge in [0.25, 0.3) is 5.91 Å². The van der Waals surface area contributed by atoms with Gasteiger partial charge in [-0.25, -0.2) is 17.7 Å². The molecule has 2 aromatic rings. The first-order valence-corrected chi connectivity index (χ1v) is 11.5. The van der Waals surface area contributed by atoms with Gasteiger partial charge in [-0.2, -0.15) is 0 Å². The number of amides is 2. The predicted molar refractivity (Wildman–Crippen MR) is 112 cm³/mol. The normalized spacial score (nSPS) is 17.0. The van der Waals surface area contributed by atoms with Crippen LogP contribution in [0.15, 0.2) is 28.6 Å². The maximum absolute atomic E-state index is 13.2. The molecule has 1 aliphatic rings. The van der Waals surface area contributed by atoms with Crippen molar-refractivity contribution in [2.24, 2.45) is 0 Å². The summed E-state index contributed by atoms with van der Waals surface area (Å²) in [7, 11) is -0.785. The molecule has 1 atom stereocenters. The van der Waals surface area contributed by atoms with Crippen LogP contribution < -0.4 is 5.32 Å². The third kappa shape index (κ3) is 4.19. The van der Waals surface area contributed by atoms with Crippen LogP contribution in [0.25, 0.3) is 0 Å². The Labute approximate surface area is 174 Å². The van der Waals surface area contributed by atoms with E-state index in [2.05, 4.69) is 10.3 Å². The van der Waals surface area contributed by atoms with Crippen molar-refractivity contribution in [3.05, 3.63) is 40.4 Å². The Morgan fingerprint density at radius 2 is 2.00 bits per heavy atom. The van der Waals surface area contributed by atoms with Crippen molar-refractivity contribution in [2.75, 3.05) is 26.0 Å². The fourth-order valence-electron chi connectivity index (χ4n) is 3.34. The number of benzene rings is 1. The van der Waals surface area contributed by atoms with E-state index in [1.807, 2.05) is 0 Å². The lowest BCUT2D eigenvalue weighted by Crippen LogP contribution is -2.43. The van der Waals surface area contributed by atoms with Crippen LogP contribution >= 0.6 is 11.3 Å². The van der Waals surface area contributed by atoms with E-state index in [9.17, 15) is 18.0 Å². The van der Waals surface area contributed by atoms with Crippen molar-refractivity contribution < 1.29 is 18.0 Å². The summed E-state index contributed by atoms with van der Waals surface area (Å²) < 4.78 is 26.5. The fourth-order valence-corrected chi connectivity index (χ4v) is 5.09. The first-order chi connectivity index (χ1) is 13.6. The van der Waals surface area contributed by atoms with Crippen LogP contribution in [0, 0.1) is 13.8 Å². The second-order valence-electron chi connectivity index (χ2n) is 7.19. The number of carbonyl (C=O) groups excluding carboxylic acids is 2. The summed E-state index contributed by atoms with van der Waals surface area (Å²) in [4.78, 5) is 31.5. The van der Waals surface area contributed by atoms with Crippen molar-refractivity contribution in [1.29, 1.82) is 0 Å². The van der Waals surface area contributed by atoms with Gasteiger partial charge >= 0.3 is 0 Å². The number of thiazole rings is 1. The number of aromatic nitrogens is 1. The lowest BCUT2D eigenvalue weighted by atomic mass is 10.0. The molecular weight excluding hydrogens is 412 g/mol. The topological polar surface area (TPSA) is 99.7 Å². The molecule has 29 heavy (non-hydrogen) atoms. The number of nitrogens with one attached hydrogen (secondary N) is 1. The smallest absolute Gasteiger partial charge is 0.254 e. The quantitative estimate of drug-likeness (QED) is 0.775. The maximum Gasteiger partial charge on any atom is 0.254 e. The van der Waals surface area contributed by atoms with Gasteiger partial charge in [-0.3, -0.25) is 9.59 Å². The molecule has 2 amide bonds. The van der Waals surface area contributed by atoms with Crippen LogP contribution in [0.2, 0.25) is 0 Å². The Hall–Kier alpha value is -2.30. The molecule has 8 nitrogen and oxygen atoms in total. The first kappa shape index (κ1) is 21.4. The third-order valence-corrected chi connectivity index (χ3v) is 7.73. The number of likely N-dealkylation sites (tertiary alicyclic amines) is 1. The zero-order chi connectivity index (χ0) is 21.3. The van der Waals surface area contributed by atoms with Gasteiger partial charge in [0.15, 0.2) is 5.13 Å². The number of hydrogen-bond donors (Lipinski definition) is 1. The number of anilines is 1. The lowest BCUT2D eigenvalue weighted by Gasteiger charge is -2.24. The Morgan fingerprint density at radius 1 is 1.28 bits per heavy atom. The Kier molecular flexibility index (Phi) is 6.06. The fraction of sp³-hybridized carbons (Fsp3) is 0.421. The summed E-state index contributed by atoms with van der Waals surface area (Å²) in [6, 6.07) is 2.48. The van der Waals surface area contributed by atoms with E-state index >= 15 is 0 Å². The van der Waals surface area contributed by atoms with E-state index in [0.29, 0.717) is 35.6 Å². The van der Waals surface area contributed by atoms with E-state index in [-0.39, 0.29) is 22.3 Å². The van der Waals surface area contributed by atoms with E-state index in [0.717, 1.165) is 4.31 Å². The average molecular weight is 437 g/mol. The molecule has 1 aromatic carbocycles. The molecule has 1 fully saturated rings. The van der Waals surface area contributed by atoms with Gasteiger partial charge in [0.05, 0.1) is 4.90 Å². The Morgan fingerprint density at radius 3 is 2.62 bits per heavy atom. The van der Waals surface area contributed by atoms with Crippen LogP contribution in [-0.2, 0) is 14.8 Å². The molecule has 1 aromatic heterocycles. The molecular formula is C19H24N4O4S2. The molecule has 156 valence electrons. The zero-order valence-electron chi connectivity index (χ0n) is 16.8. The van der Waals surface area contributed by atoms with Gasteiger partial charge in [-0.15, -0.1) is 11.3 Å². The van der Waals surface area contributed by atoms with Gasteiger partial charge in [0, 0.05) is 37.8 Å². The summed E-state index contributed by atoms with van der Waals surface area (Å²) in [6.45, 7) is 3.94. The first-order valence-electron chi connectivity index (χ1n) is 9.18. The van der Waals surface area contributed by atoms with Gasteiger partial charge in [0.2, 0.25) is 15.9 Å². The van der Waals surface area contributed by atoms with Crippen molar-refractivity contribution in [3.8, 4) is 0 Å². The van der Waals surface area contributed by atoms with Gasteiger partial charge in [0.1, 0.15) is 6.04 Å². The number of rotatable bonds is 5. The second kappa shape index (κ2) is 8.21. The Bertz CT molecular complexity index is 1030. The van der Waals surface area contributed by atoms with Crippen LogP contribution in [-0.4, -0.2) is 61.1 Å². The molecule has 0 saturated carbocycles. The summed E-state index contributed by atoms with van der Waals surface area (Å²) in [6.07, 6.45) is 2.85. The molecule has 10 heteroatoms. The number of nitrogens with zero attached hydrogens (tertiary/aromatic N) is 3. The zero-order valence-corrected chi connectivity index (χ0v) is 18.4. The largest absolute Gasteiger partial charge is 0.327 e. The van der Waals surface area contributed by atoms with E-state index in [4.69, 9.17) is 0 Å². The van der Waals surface area contributed by atoms with Crippen LogP contribution in [0.3, 0.4) is 0 Å². The van der Waals surface area contributed by atoms with Crippen LogP contribution in [0.4, 0.5) is 5.13 Å². The number of hydrogen-bond acceptors (Lipinski definition) is 6. The highest BCUT2D eigenvalue weighted by Gasteiger charge is 2.35. The molecule has 0 aliphatic carbocycles. The highest BCUT2D eigenvalue weighted by atomic mass is 32.2. The van der Waals surface area contributed by atoms with Gasteiger partial charge < -0.3 is 10.2 Å². The summed E-state index contributed by atoms with van der Waals surface area (Å²) in [5.74, 6) is -0.629. The van der Waals surface area contributed by atoms with E-state index < -0.39 is 16.1 Å². The van der Waals surface area contributed by atoms with Crippen molar-refractivity contribution in [3.63, 3.8) is 0 Å². The minimum absolute atomic E-state index is 0.105. The molecule has 1 saturated heterocycles. The van der Waals surface area contributed by atoms with E-state index in [1.54, 1.807) is 31.5 Å². The molecule has 0 radical (unpaired) electrons. The summed E-state index contributed by atoms with van der Waals surface area (Å²) >= 11 is 1.31. The maximum atomic E-state index is 13.2. The van der Waals surface area contributed by atoms with Gasteiger partial charge in [-0.05, 0) is 49.9 Å². The van der Waals surface area contributed by atoms with Crippen molar-refractivity contribution >= 4 is 38.3 Å². The van der Waals surface area contributed by atoms with Gasteiger partial charge in [-0.1, -0.05) is 0 Å². The molecule has 0 unspecified atom stereocenters. The molecule has 1 aliphatic heterocycles. The standard InChI is InChI=1S/C19H24N4O4S2/c1-12-10-14(11-16(13(12)2)29(26,27)22(3)4)18(25)23-8-5-6-15(23)17(24)21-19-20-7-9-28-19/h7,9-11,15H,5-6,8H2,1-4H3,(H,20,21,24)/t15-/m0/s1. The monoisotopic (exact) mass is 436 g/mol. The molecule has 0 bridgehead atoms. The summed E-state index contributed by atoms with van der Waals surface area (Å²) in [5.41, 5.74) is 1.58. The molecule has 0 spiro atoms. The number of aryl methyl sites for hydroxylation is 1. The highest BCUT2D eigenvalue weighted by Crippen LogP contribution is 2.27. The molecule has 3 rings (SSSR count).